The highest BCUT2D eigenvalue weighted by atomic mass is 16.6. The number of aromatic hydroxyl groups is 1. The summed E-state index contributed by atoms with van der Waals surface area (Å²) < 4.78 is 52.4. The van der Waals surface area contributed by atoms with Crippen molar-refractivity contribution in [2.75, 3.05) is 13.7 Å². The van der Waals surface area contributed by atoms with Crippen LogP contribution in [0.25, 0.3) is 16.7 Å². The molecular weight excluding hydrogens is 885 g/mol. The van der Waals surface area contributed by atoms with Crippen molar-refractivity contribution in [3.8, 4) is 17.2 Å². The lowest BCUT2D eigenvalue weighted by atomic mass is 9.87. The number of carbonyl (C=O) groups excluding carboxylic acids is 1. The number of allylic oxidation sites excluding steroid dienone is 1. The van der Waals surface area contributed by atoms with Crippen molar-refractivity contribution < 1.29 is 52.6 Å². The maximum absolute atomic E-state index is 14.6. The number of phenols is 1. The number of methoxy groups -OCH3 is 1. The van der Waals surface area contributed by atoms with Gasteiger partial charge in [-0.1, -0.05) is 152 Å². The molecule has 1 aromatic heterocycles. The van der Waals surface area contributed by atoms with Crippen LogP contribution in [-0.2, 0) is 56.7 Å². The Hall–Kier alpha value is -7.51. The summed E-state index contributed by atoms with van der Waals surface area (Å²) in [4.78, 5) is 14.6. The van der Waals surface area contributed by atoms with Crippen molar-refractivity contribution in [1.29, 1.82) is 0 Å². The second-order valence-electron chi connectivity index (χ2n) is 16.9. The lowest BCUT2D eigenvalue weighted by Crippen LogP contribution is -2.58. The Labute approximate surface area is 407 Å². The second kappa shape index (κ2) is 23.2. The molecule has 1 aliphatic rings. The summed E-state index contributed by atoms with van der Waals surface area (Å²) in [6.07, 6.45) is -2.08. The van der Waals surface area contributed by atoms with Crippen LogP contribution in [0.1, 0.15) is 55.4 Å². The van der Waals surface area contributed by atoms with Crippen LogP contribution in [0, 0.1) is 0 Å². The monoisotopic (exact) mass is 938 g/mol. The van der Waals surface area contributed by atoms with Gasteiger partial charge in [-0.15, -0.1) is 0 Å². The fourth-order valence-electron chi connectivity index (χ4n) is 8.65. The van der Waals surface area contributed by atoms with Gasteiger partial charge in [0.2, 0.25) is 0 Å². The third-order valence-corrected chi connectivity index (χ3v) is 12.2. The molecule has 5 atom stereocenters. The number of hydrogen-bond donors (Lipinski definition) is 2. The average molecular weight is 939 g/mol. The molecule has 2 heterocycles. The van der Waals surface area contributed by atoms with E-state index in [1.807, 2.05) is 152 Å². The van der Waals surface area contributed by atoms with Crippen molar-refractivity contribution in [3.63, 3.8) is 0 Å². The van der Waals surface area contributed by atoms with Gasteiger partial charge in [-0.3, -0.25) is 4.79 Å². The predicted molar refractivity (Wildman–Crippen MR) is 265 cm³/mol. The van der Waals surface area contributed by atoms with Crippen molar-refractivity contribution >= 4 is 22.5 Å². The first-order valence-corrected chi connectivity index (χ1v) is 23.2. The van der Waals surface area contributed by atoms with Crippen LogP contribution in [-0.4, -0.2) is 54.1 Å². The molecule has 0 saturated carbocycles. The number of benzene rings is 7. The van der Waals surface area contributed by atoms with Gasteiger partial charge >= 0.3 is 0 Å². The highest BCUT2D eigenvalue weighted by Gasteiger charge is 2.51. The molecular formula is C59H54O11. The molecule has 2 N–H and O–H groups in total. The molecule has 1 aliphatic heterocycles. The molecule has 0 aliphatic carbocycles. The number of phenolic OH excluding ortho intramolecular Hbond substituents is 1. The number of ether oxygens (including phenoxy) is 7. The number of carbonyl (C=O) groups is 1. The van der Waals surface area contributed by atoms with Crippen molar-refractivity contribution in [2.24, 2.45) is 0 Å². The van der Waals surface area contributed by atoms with Gasteiger partial charge in [0, 0.05) is 11.6 Å². The van der Waals surface area contributed by atoms with Gasteiger partial charge in [-0.25, -0.2) is 0 Å². The molecule has 0 bridgehead atoms. The maximum Gasteiger partial charge on any atom is 0.197 e. The van der Waals surface area contributed by atoms with Gasteiger partial charge in [0.25, 0.3) is 0 Å². The number of hydrogen-bond acceptors (Lipinski definition) is 11. The standard InChI is InChI=1S/C59H54O11/c1-63-54-47-31-32-65-55(47)52(53(62)51(54)49(61)33-48(60)45-27-29-46(30-28-45)66-35-41-19-9-3-10-20-41)57-59(69-38-44-25-15-6-16-26-44)58(68-37-43-23-13-5-14-24-43)56(67-36-42-21-11-4-12-22-42)50(70-57)39-64-34-40-17-7-2-8-18-40/h2-33,50,56-60,62H,34-39H2,1H3/b48-33+/t50-,56-,57+,58+,59+/m1/s1. The number of fused-ring (bicyclic) bond motifs is 1. The number of aliphatic hydroxyl groups is 1. The quantitative estimate of drug-likeness (QED) is 0.0405. The molecule has 0 unspecified atom stereocenters. The summed E-state index contributed by atoms with van der Waals surface area (Å²) in [5.41, 5.74) is 5.18. The molecule has 7 aromatic carbocycles. The van der Waals surface area contributed by atoms with Gasteiger partial charge < -0.3 is 47.8 Å². The first-order valence-electron chi connectivity index (χ1n) is 23.2. The van der Waals surface area contributed by atoms with E-state index in [2.05, 4.69) is 0 Å². The van der Waals surface area contributed by atoms with E-state index in [0.29, 0.717) is 23.3 Å². The highest BCUT2D eigenvalue weighted by Crippen LogP contribution is 2.49. The first-order chi connectivity index (χ1) is 34.4. The van der Waals surface area contributed by atoms with Gasteiger partial charge in [0.05, 0.1) is 57.4 Å². The molecule has 9 rings (SSSR count). The fraction of sp³-hybridized carbons (Fsp3) is 0.203. The summed E-state index contributed by atoms with van der Waals surface area (Å²) in [6, 6.07) is 57.3. The van der Waals surface area contributed by atoms with E-state index in [0.717, 1.165) is 33.9 Å². The average Bonchev–Trinajstić information content (AvgIpc) is 3.89. The van der Waals surface area contributed by atoms with Crippen LogP contribution in [0.15, 0.2) is 199 Å². The molecule has 0 amide bonds. The summed E-state index contributed by atoms with van der Waals surface area (Å²) in [5, 5.41) is 24.5. The number of aliphatic hydroxyl groups excluding tert-OH is 1. The Bertz CT molecular complexity index is 2920. The van der Waals surface area contributed by atoms with Crippen molar-refractivity contribution in [1.82, 2.24) is 0 Å². The number of ketones is 1. The zero-order valence-corrected chi connectivity index (χ0v) is 38.7. The molecule has 356 valence electrons. The van der Waals surface area contributed by atoms with Gasteiger partial charge in [0.15, 0.2) is 5.78 Å². The Kier molecular flexibility index (Phi) is 15.8. The minimum absolute atomic E-state index is 0.0463. The van der Waals surface area contributed by atoms with Crippen LogP contribution in [0.2, 0.25) is 0 Å². The van der Waals surface area contributed by atoms with E-state index in [9.17, 15) is 15.0 Å². The molecule has 1 saturated heterocycles. The van der Waals surface area contributed by atoms with E-state index in [1.165, 1.54) is 13.4 Å². The van der Waals surface area contributed by atoms with E-state index >= 15 is 0 Å². The Morgan fingerprint density at radius 2 is 1.07 bits per heavy atom. The third-order valence-electron chi connectivity index (χ3n) is 12.2. The molecule has 0 spiro atoms. The summed E-state index contributed by atoms with van der Waals surface area (Å²) >= 11 is 0. The summed E-state index contributed by atoms with van der Waals surface area (Å²) in [7, 11) is 1.40. The molecule has 11 heteroatoms. The minimum Gasteiger partial charge on any atom is -0.507 e. The van der Waals surface area contributed by atoms with Crippen molar-refractivity contribution in [3.05, 3.63) is 239 Å². The predicted octanol–water partition coefficient (Wildman–Crippen LogP) is 11.9. The molecule has 8 aromatic rings. The normalized spacial score (nSPS) is 18.1. The van der Waals surface area contributed by atoms with Gasteiger partial charge in [-0.2, -0.15) is 0 Å². The SMILES string of the molecule is COc1c(C(=O)/C=C(/O)c2ccc(OCc3ccccc3)cc2)c(O)c([C@@H]2O[C@H](COCc3ccccc3)[C@@H](OCc3ccccc3)[C@H](OCc3ccccc3)[C@H]2OCc2ccccc2)c2occc12. The topological polar surface area (TPSA) is 135 Å². The van der Waals surface area contributed by atoms with E-state index in [1.54, 1.807) is 30.3 Å². The third kappa shape index (κ3) is 11.5. The Morgan fingerprint density at radius 1 is 0.586 bits per heavy atom. The Morgan fingerprint density at radius 3 is 1.60 bits per heavy atom. The van der Waals surface area contributed by atoms with E-state index in [-0.39, 0.29) is 61.3 Å². The second-order valence-corrected chi connectivity index (χ2v) is 16.9. The van der Waals surface area contributed by atoms with Gasteiger partial charge in [-0.05, 0) is 58.1 Å². The first kappa shape index (κ1) is 47.6. The Balaban J connectivity index is 1.12. The van der Waals surface area contributed by atoms with E-state index in [4.69, 9.17) is 37.6 Å². The largest absolute Gasteiger partial charge is 0.507 e. The van der Waals surface area contributed by atoms with Crippen LogP contribution in [0.5, 0.6) is 17.2 Å². The molecule has 70 heavy (non-hydrogen) atoms. The van der Waals surface area contributed by atoms with Crippen LogP contribution in [0.3, 0.4) is 0 Å². The highest BCUT2D eigenvalue weighted by molar-refractivity contribution is 6.15. The molecule has 11 nitrogen and oxygen atoms in total. The smallest absolute Gasteiger partial charge is 0.197 e. The van der Waals surface area contributed by atoms with E-state index < -0.39 is 42.1 Å². The van der Waals surface area contributed by atoms with Gasteiger partial charge in [0.1, 0.15) is 71.3 Å². The number of furan rings is 1. The lowest BCUT2D eigenvalue weighted by Gasteiger charge is -2.46. The zero-order valence-electron chi connectivity index (χ0n) is 38.7. The minimum atomic E-state index is -1.15. The van der Waals surface area contributed by atoms with Crippen LogP contribution >= 0.6 is 0 Å². The maximum atomic E-state index is 14.6. The fourth-order valence-corrected chi connectivity index (χ4v) is 8.65. The summed E-state index contributed by atoms with van der Waals surface area (Å²) in [5.74, 6) is -0.922. The molecule has 0 radical (unpaired) electrons. The molecule has 1 fully saturated rings. The number of rotatable bonds is 21. The lowest BCUT2D eigenvalue weighted by molar-refractivity contribution is -0.275. The van der Waals surface area contributed by atoms with Crippen molar-refractivity contribution in [2.45, 2.75) is 63.6 Å². The van der Waals surface area contributed by atoms with Crippen LogP contribution in [0.4, 0.5) is 0 Å². The summed E-state index contributed by atoms with van der Waals surface area (Å²) in [6.45, 7) is 1.24. The zero-order chi connectivity index (χ0) is 48.1. The van der Waals surface area contributed by atoms with Crippen LogP contribution < -0.4 is 9.47 Å².